The number of nitrogen functional groups attached to an aromatic ring is 1. The molecule has 0 atom stereocenters. The average molecular weight is 381 g/mol. The third kappa shape index (κ3) is 3.18. The van der Waals surface area contributed by atoms with Gasteiger partial charge >= 0.3 is 0 Å². The quantitative estimate of drug-likeness (QED) is 0.491. The van der Waals surface area contributed by atoms with E-state index in [0.29, 0.717) is 26.9 Å². The molecule has 0 aliphatic carbocycles. The van der Waals surface area contributed by atoms with Gasteiger partial charge in [0, 0.05) is 12.1 Å². The van der Waals surface area contributed by atoms with Crippen LogP contribution in [0.25, 0.3) is 21.6 Å². The van der Waals surface area contributed by atoms with Gasteiger partial charge in [-0.15, -0.1) is 0 Å². The van der Waals surface area contributed by atoms with Gasteiger partial charge in [-0.25, -0.2) is 4.98 Å². The first-order valence-electron chi connectivity index (χ1n) is 7.99. The Morgan fingerprint density at radius 3 is 2.85 bits per heavy atom. The number of para-hydroxylation sites is 2. The van der Waals surface area contributed by atoms with E-state index in [9.17, 15) is 9.90 Å². The van der Waals surface area contributed by atoms with Gasteiger partial charge in [-0.3, -0.25) is 4.79 Å². The first-order chi connectivity index (χ1) is 13.0. The van der Waals surface area contributed by atoms with Crippen LogP contribution < -0.4 is 21.2 Å². The van der Waals surface area contributed by atoms with Gasteiger partial charge < -0.3 is 25.3 Å². The number of thiazole rings is 1. The molecule has 27 heavy (non-hydrogen) atoms. The van der Waals surface area contributed by atoms with Gasteiger partial charge in [0.15, 0.2) is 16.3 Å². The number of aromatic hydroxyl groups is 1. The van der Waals surface area contributed by atoms with Crippen molar-refractivity contribution in [1.29, 1.82) is 0 Å². The predicted molar refractivity (Wildman–Crippen MR) is 106 cm³/mol. The van der Waals surface area contributed by atoms with E-state index in [1.54, 1.807) is 7.11 Å². The van der Waals surface area contributed by atoms with Gasteiger partial charge in [-0.2, -0.15) is 0 Å². The summed E-state index contributed by atoms with van der Waals surface area (Å²) in [5.41, 5.74) is 6.84. The molecule has 0 aliphatic rings. The van der Waals surface area contributed by atoms with Crippen molar-refractivity contribution in [3.63, 3.8) is 0 Å². The normalized spacial score (nSPS) is 10.9. The molecular formula is C19H15N3O4S. The molecule has 2 aromatic heterocycles. The third-order valence-electron chi connectivity index (χ3n) is 3.94. The van der Waals surface area contributed by atoms with Gasteiger partial charge in [0.1, 0.15) is 27.8 Å². The summed E-state index contributed by atoms with van der Waals surface area (Å²) >= 11 is 1.25. The number of nitrogens with two attached hydrogens (primary N) is 1. The fourth-order valence-corrected chi connectivity index (χ4v) is 3.53. The lowest BCUT2D eigenvalue weighted by molar-refractivity contribution is 0.417. The van der Waals surface area contributed by atoms with E-state index >= 15 is 0 Å². The molecule has 0 fully saturated rings. The molecule has 0 spiro atoms. The highest BCUT2D eigenvalue weighted by Crippen LogP contribution is 2.38. The van der Waals surface area contributed by atoms with Crippen LogP contribution in [0, 0.1) is 0 Å². The summed E-state index contributed by atoms with van der Waals surface area (Å²) in [6.45, 7) is 0. The number of benzene rings is 2. The fraction of sp³-hybridized carbons (Fsp3) is 0.0526. The van der Waals surface area contributed by atoms with Gasteiger partial charge in [-0.1, -0.05) is 23.5 Å². The highest BCUT2D eigenvalue weighted by atomic mass is 32.1. The SMILES string of the molecule is COc1ccccc1Nc1nc(N)c(-c2cc(=O)c3ccc(O)cc3o2)s1. The zero-order chi connectivity index (χ0) is 19.0. The van der Waals surface area contributed by atoms with E-state index in [0.717, 1.165) is 5.69 Å². The van der Waals surface area contributed by atoms with Crippen molar-refractivity contribution in [2.24, 2.45) is 0 Å². The molecule has 2 heterocycles. The Hall–Kier alpha value is -3.52. The van der Waals surface area contributed by atoms with Crippen molar-refractivity contribution in [1.82, 2.24) is 4.98 Å². The molecule has 8 heteroatoms. The van der Waals surface area contributed by atoms with E-state index in [-0.39, 0.29) is 22.6 Å². The minimum atomic E-state index is -0.224. The maximum absolute atomic E-state index is 12.3. The van der Waals surface area contributed by atoms with Crippen LogP contribution in [-0.2, 0) is 0 Å². The summed E-state index contributed by atoms with van der Waals surface area (Å²) in [7, 11) is 1.58. The highest BCUT2D eigenvalue weighted by molar-refractivity contribution is 7.19. The molecule has 7 nitrogen and oxygen atoms in total. The second-order valence-corrected chi connectivity index (χ2v) is 6.71. The number of rotatable bonds is 4. The molecule has 0 amide bonds. The molecule has 0 unspecified atom stereocenters. The smallest absolute Gasteiger partial charge is 0.193 e. The second-order valence-electron chi connectivity index (χ2n) is 5.71. The number of phenols is 1. The van der Waals surface area contributed by atoms with Crippen molar-refractivity contribution in [2.45, 2.75) is 0 Å². The number of aromatic nitrogens is 1. The summed E-state index contributed by atoms with van der Waals surface area (Å²) in [4.78, 5) is 17.2. The van der Waals surface area contributed by atoms with Crippen LogP contribution in [-0.4, -0.2) is 17.2 Å². The van der Waals surface area contributed by atoms with Gasteiger partial charge in [0.25, 0.3) is 0 Å². The van der Waals surface area contributed by atoms with Crippen LogP contribution >= 0.6 is 11.3 Å². The first-order valence-corrected chi connectivity index (χ1v) is 8.80. The van der Waals surface area contributed by atoms with Gasteiger partial charge in [-0.05, 0) is 24.3 Å². The Morgan fingerprint density at radius 2 is 2.04 bits per heavy atom. The van der Waals surface area contributed by atoms with Crippen LogP contribution in [0.3, 0.4) is 0 Å². The lowest BCUT2D eigenvalue weighted by Gasteiger charge is -2.07. The highest BCUT2D eigenvalue weighted by Gasteiger charge is 2.16. The minimum Gasteiger partial charge on any atom is -0.508 e. The zero-order valence-electron chi connectivity index (χ0n) is 14.2. The summed E-state index contributed by atoms with van der Waals surface area (Å²) < 4.78 is 11.1. The molecule has 136 valence electrons. The molecular weight excluding hydrogens is 366 g/mol. The minimum absolute atomic E-state index is 0.0126. The van der Waals surface area contributed by atoms with Gasteiger partial charge in [0.2, 0.25) is 0 Å². The number of phenolic OH excluding ortho intramolecular Hbond substituents is 1. The maximum atomic E-state index is 12.3. The van der Waals surface area contributed by atoms with Crippen molar-refractivity contribution in [3.8, 4) is 22.1 Å². The number of methoxy groups -OCH3 is 1. The van der Waals surface area contributed by atoms with E-state index in [2.05, 4.69) is 10.3 Å². The first kappa shape index (κ1) is 16.9. The topological polar surface area (TPSA) is 111 Å². The lowest BCUT2D eigenvalue weighted by atomic mass is 10.2. The van der Waals surface area contributed by atoms with Crippen molar-refractivity contribution in [2.75, 3.05) is 18.2 Å². The number of nitrogens with zero attached hydrogens (tertiary/aromatic N) is 1. The molecule has 4 N–H and O–H groups in total. The van der Waals surface area contributed by atoms with Crippen LogP contribution in [0.2, 0.25) is 0 Å². The van der Waals surface area contributed by atoms with Crippen molar-refractivity contribution >= 4 is 38.9 Å². The number of fused-ring (bicyclic) bond motifs is 1. The summed E-state index contributed by atoms with van der Waals surface area (Å²) in [5, 5.41) is 13.7. The molecule has 0 bridgehead atoms. The average Bonchev–Trinajstić information content (AvgIpc) is 3.02. The van der Waals surface area contributed by atoms with E-state index < -0.39 is 0 Å². The summed E-state index contributed by atoms with van der Waals surface area (Å²) in [6.07, 6.45) is 0. The molecule has 0 saturated carbocycles. The summed E-state index contributed by atoms with van der Waals surface area (Å²) in [6, 6.07) is 13.1. The monoisotopic (exact) mass is 381 g/mol. The predicted octanol–water partition coefficient (Wildman–Crippen LogP) is 3.96. The Bertz CT molecular complexity index is 1200. The number of hydrogen-bond acceptors (Lipinski definition) is 8. The Labute approximate surface area is 157 Å². The van der Waals surface area contributed by atoms with Crippen LogP contribution in [0.5, 0.6) is 11.5 Å². The Balaban J connectivity index is 1.75. The van der Waals surface area contributed by atoms with E-state index in [4.69, 9.17) is 14.9 Å². The molecule has 2 aromatic carbocycles. The van der Waals surface area contributed by atoms with Crippen LogP contribution in [0.1, 0.15) is 0 Å². The molecule has 4 rings (SSSR count). The molecule has 0 saturated heterocycles. The number of anilines is 3. The van der Waals surface area contributed by atoms with E-state index in [1.165, 1.54) is 35.6 Å². The number of hydrogen-bond donors (Lipinski definition) is 3. The van der Waals surface area contributed by atoms with Crippen LogP contribution in [0.15, 0.2) is 57.7 Å². The van der Waals surface area contributed by atoms with Gasteiger partial charge in [0.05, 0.1) is 18.2 Å². The van der Waals surface area contributed by atoms with Crippen LogP contribution in [0.4, 0.5) is 16.6 Å². The summed E-state index contributed by atoms with van der Waals surface area (Å²) in [5.74, 6) is 1.21. The fourth-order valence-electron chi connectivity index (χ4n) is 2.68. The lowest BCUT2D eigenvalue weighted by Crippen LogP contribution is -2.00. The molecule has 4 aromatic rings. The zero-order valence-corrected chi connectivity index (χ0v) is 15.0. The standard InChI is InChI=1S/C19H15N3O4S/c1-25-14-5-3-2-4-12(14)21-19-22-18(20)17(27-19)16-9-13(24)11-7-6-10(23)8-15(11)26-16/h2-9,23H,20H2,1H3,(H,21,22). The number of nitrogens with one attached hydrogen (secondary N) is 1. The number of ether oxygens (including phenoxy) is 1. The van der Waals surface area contributed by atoms with Crippen molar-refractivity contribution < 1.29 is 14.3 Å². The Morgan fingerprint density at radius 1 is 1.22 bits per heavy atom. The second kappa shape index (κ2) is 6.65. The maximum Gasteiger partial charge on any atom is 0.193 e. The molecule has 0 aliphatic heterocycles. The largest absolute Gasteiger partial charge is 0.508 e. The van der Waals surface area contributed by atoms with Crippen molar-refractivity contribution in [3.05, 3.63) is 58.8 Å². The molecule has 0 radical (unpaired) electrons. The third-order valence-corrected chi connectivity index (χ3v) is 4.94. The Kier molecular flexibility index (Phi) is 4.17. The van der Waals surface area contributed by atoms with E-state index in [1.807, 2.05) is 24.3 Å².